The van der Waals surface area contributed by atoms with Crippen LogP contribution in [0, 0.1) is 0 Å². The summed E-state index contributed by atoms with van der Waals surface area (Å²) in [5.74, 6) is 0. The van der Waals surface area contributed by atoms with Crippen LogP contribution in [-0.4, -0.2) is 29.1 Å². The van der Waals surface area contributed by atoms with Gasteiger partial charge >= 0.3 is 0 Å². The molecule has 21 heavy (non-hydrogen) atoms. The highest BCUT2D eigenvalue weighted by Crippen LogP contribution is 2.24. The molecule has 0 aromatic heterocycles. The van der Waals surface area contributed by atoms with Crippen LogP contribution in [0.5, 0.6) is 0 Å². The lowest BCUT2D eigenvalue weighted by molar-refractivity contribution is 0.110. The number of rotatable bonds is 4. The summed E-state index contributed by atoms with van der Waals surface area (Å²) in [6.45, 7) is 4.10. The van der Waals surface area contributed by atoms with Gasteiger partial charge in [-0.1, -0.05) is 54.6 Å². The first-order valence-electron chi connectivity index (χ1n) is 7.81. The molecule has 0 saturated carbocycles. The molecule has 2 nitrogen and oxygen atoms in total. The molecule has 2 aromatic rings. The van der Waals surface area contributed by atoms with E-state index in [4.69, 9.17) is 0 Å². The zero-order chi connectivity index (χ0) is 14.7. The molecule has 2 atom stereocenters. The predicted octanol–water partition coefficient (Wildman–Crippen LogP) is 3.87. The number of aliphatic hydroxyl groups is 1. The number of aliphatic hydroxyl groups excluding tert-OH is 1. The van der Waals surface area contributed by atoms with Crippen LogP contribution in [0.15, 0.2) is 54.6 Å². The molecule has 3 rings (SSSR count). The zero-order valence-corrected chi connectivity index (χ0v) is 12.6. The van der Waals surface area contributed by atoms with E-state index in [9.17, 15) is 5.11 Å². The second-order valence-electron chi connectivity index (χ2n) is 5.99. The predicted molar refractivity (Wildman–Crippen MR) is 87.1 cm³/mol. The average molecular weight is 281 g/mol. The van der Waals surface area contributed by atoms with Gasteiger partial charge in [0.15, 0.2) is 0 Å². The summed E-state index contributed by atoms with van der Waals surface area (Å²) in [7, 11) is 0. The van der Waals surface area contributed by atoms with Gasteiger partial charge in [-0.25, -0.2) is 0 Å². The highest BCUT2D eigenvalue weighted by atomic mass is 16.3. The second-order valence-corrected chi connectivity index (χ2v) is 5.99. The molecule has 1 heterocycles. The Balaban J connectivity index is 1.69. The Hall–Kier alpha value is -1.64. The van der Waals surface area contributed by atoms with E-state index in [0.717, 1.165) is 18.7 Å². The SMILES string of the molecule is CC1CCCN1CC(O)c1ccc(-c2ccccc2)cc1. The molecule has 1 fully saturated rings. The number of hydrogen-bond acceptors (Lipinski definition) is 2. The lowest BCUT2D eigenvalue weighted by atomic mass is 10.0. The van der Waals surface area contributed by atoms with Crippen LogP contribution in [0.3, 0.4) is 0 Å². The topological polar surface area (TPSA) is 23.5 Å². The van der Waals surface area contributed by atoms with Gasteiger partial charge in [-0.3, -0.25) is 4.90 Å². The lowest BCUT2D eigenvalue weighted by Crippen LogP contribution is -2.31. The average Bonchev–Trinajstić information content (AvgIpc) is 2.93. The fraction of sp³-hybridized carbons (Fsp3) is 0.368. The molecule has 0 amide bonds. The first-order chi connectivity index (χ1) is 10.2. The molecule has 1 N–H and O–H groups in total. The second kappa shape index (κ2) is 6.42. The summed E-state index contributed by atoms with van der Waals surface area (Å²) in [6.07, 6.45) is 2.11. The smallest absolute Gasteiger partial charge is 0.0917 e. The summed E-state index contributed by atoms with van der Waals surface area (Å²) >= 11 is 0. The zero-order valence-electron chi connectivity index (χ0n) is 12.6. The van der Waals surface area contributed by atoms with Crippen molar-refractivity contribution in [2.24, 2.45) is 0 Å². The number of benzene rings is 2. The van der Waals surface area contributed by atoms with Gasteiger partial charge in [-0.05, 0) is 43.0 Å². The maximum atomic E-state index is 10.4. The summed E-state index contributed by atoms with van der Waals surface area (Å²) < 4.78 is 0. The fourth-order valence-corrected chi connectivity index (χ4v) is 3.12. The van der Waals surface area contributed by atoms with E-state index >= 15 is 0 Å². The maximum absolute atomic E-state index is 10.4. The normalized spacial score (nSPS) is 20.6. The quantitative estimate of drug-likeness (QED) is 0.919. The van der Waals surface area contributed by atoms with Crippen molar-refractivity contribution >= 4 is 0 Å². The minimum absolute atomic E-state index is 0.393. The van der Waals surface area contributed by atoms with Crippen molar-refractivity contribution in [3.63, 3.8) is 0 Å². The van der Waals surface area contributed by atoms with Crippen LogP contribution in [0.4, 0.5) is 0 Å². The first kappa shape index (κ1) is 14.3. The Labute approximate surface area is 127 Å². The van der Waals surface area contributed by atoms with E-state index < -0.39 is 6.10 Å². The number of hydrogen-bond donors (Lipinski definition) is 1. The molecule has 0 aliphatic carbocycles. The van der Waals surface area contributed by atoms with Gasteiger partial charge in [0.1, 0.15) is 0 Å². The maximum Gasteiger partial charge on any atom is 0.0917 e. The van der Waals surface area contributed by atoms with E-state index in [1.54, 1.807) is 0 Å². The molecule has 2 unspecified atom stereocenters. The summed E-state index contributed by atoms with van der Waals surface area (Å²) in [5.41, 5.74) is 3.42. The van der Waals surface area contributed by atoms with E-state index in [0.29, 0.717) is 6.04 Å². The van der Waals surface area contributed by atoms with E-state index in [1.807, 2.05) is 30.3 Å². The number of β-amino-alcohol motifs (C(OH)–C–C–N with tert-alkyl or cyclic N) is 1. The molecule has 1 saturated heterocycles. The third kappa shape index (κ3) is 3.34. The van der Waals surface area contributed by atoms with Gasteiger partial charge in [-0.2, -0.15) is 0 Å². The van der Waals surface area contributed by atoms with Crippen LogP contribution in [0.2, 0.25) is 0 Å². The van der Waals surface area contributed by atoms with Crippen molar-refractivity contribution in [3.8, 4) is 11.1 Å². The molecule has 1 aliphatic heterocycles. The molecule has 110 valence electrons. The molecule has 2 heteroatoms. The van der Waals surface area contributed by atoms with Crippen molar-refractivity contribution in [1.29, 1.82) is 0 Å². The lowest BCUT2D eigenvalue weighted by Gasteiger charge is -2.24. The van der Waals surface area contributed by atoms with Gasteiger partial charge in [0, 0.05) is 12.6 Å². The Bertz CT molecular complexity index is 564. The number of likely N-dealkylation sites (tertiary alicyclic amines) is 1. The van der Waals surface area contributed by atoms with Crippen molar-refractivity contribution in [1.82, 2.24) is 4.90 Å². The largest absolute Gasteiger partial charge is 0.387 e. The molecule has 1 aliphatic rings. The molecule has 0 bridgehead atoms. The van der Waals surface area contributed by atoms with Gasteiger partial charge in [0.05, 0.1) is 6.10 Å². The van der Waals surface area contributed by atoms with Crippen LogP contribution >= 0.6 is 0 Å². The van der Waals surface area contributed by atoms with Gasteiger partial charge in [0.2, 0.25) is 0 Å². The van der Waals surface area contributed by atoms with Crippen molar-refractivity contribution in [2.75, 3.05) is 13.1 Å². The van der Waals surface area contributed by atoms with E-state index in [1.165, 1.54) is 24.0 Å². The highest BCUT2D eigenvalue weighted by molar-refractivity contribution is 5.63. The Kier molecular flexibility index (Phi) is 4.37. The highest BCUT2D eigenvalue weighted by Gasteiger charge is 2.22. The molecule has 0 radical (unpaired) electrons. The fourth-order valence-electron chi connectivity index (χ4n) is 3.12. The molecular weight excluding hydrogens is 258 g/mol. The Morgan fingerprint density at radius 1 is 1.05 bits per heavy atom. The number of nitrogens with zero attached hydrogens (tertiary/aromatic N) is 1. The van der Waals surface area contributed by atoms with Crippen molar-refractivity contribution in [2.45, 2.75) is 31.9 Å². The van der Waals surface area contributed by atoms with Crippen LogP contribution in [-0.2, 0) is 0 Å². The van der Waals surface area contributed by atoms with Crippen molar-refractivity contribution in [3.05, 3.63) is 60.2 Å². The minimum Gasteiger partial charge on any atom is -0.387 e. The van der Waals surface area contributed by atoms with Crippen molar-refractivity contribution < 1.29 is 5.11 Å². The van der Waals surface area contributed by atoms with E-state index in [-0.39, 0.29) is 0 Å². The Morgan fingerprint density at radius 3 is 2.33 bits per heavy atom. The Morgan fingerprint density at radius 2 is 1.71 bits per heavy atom. The monoisotopic (exact) mass is 281 g/mol. The minimum atomic E-state index is -0.393. The van der Waals surface area contributed by atoms with Gasteiger partial charge < -0.3 is 5.11 Å². The van der Waals surface area contributed by atoms with Crippen LogP contribution in [0.1, 0.15) is 31.4 Å². The molecular formula is C19H23NO. The third-order valence-corrected chi connectivity index (χ3v) is 4.50. The van der Waals surface area contributed by atoms with Gasteiger partial charge in [-0.15, -0.1) is 0 Å². The standard InChI is InChI=1S/C19H23NO/c1-15-6-5-13-20(15)14-19(21)18-11-9-17(10-12-18)16-7-3-2-4-8-16/h2-4,7-12,15,19,21H,5-6,13-14H2,1H3. The van der Waals surface area contributed by atoms with E-state index in [2.05, 4.69) is 36.1 Å². The van der Waals surface area contributed by atoms with Crippen LogP contribution in [0.25, 0.3) is 11.1 Å². The summed E-state index contributed by atoms with van der Waals surface area (Å²) in [5, 5.41) is 10.4. The third-order valence-electron chi connectivity index (χ3n) is 4.50. The summed E-state index contributed by atoms with van der Waals surface area (Å²) in [6, 6.07) is 19.2. The first-order valence-corrected chi connectivity index (χ1v) is 7.81. The summed E-state index contributed by atoms with van der Waals surface area (Å²) in [4.78, 5) is 2.38. The molecule has 0 spiro atoms. The van der Waals surface area contributed by atoms with Gasteiger partial charge in [0.25, 0.3) is 0 Å². The van der Waals surface area contributed by atoms with Crippen LogP contribution < -0.4 is 0 Å². The molecule has 2 aromatic carbocycles.